The average molecular weight is 480 g/mol. The number of fused-ring (bicyclic) bond motifs is 3. The first-order valence-corrected chi connectivity index (χ1v) is 12.8. The number of hydrogen-bond acceptors (Lipinski definition) is 0. The van der Waals surface area contributed by atoms with Crippen molar-refractivity contribution in [2.45, 2.75) is 47.2 Å². The predicted molar refractivity (Wildman–Crippen MR) is 155 cm³/mol. The molecule has 0 amide bonds. The van der Waals surface area contributed by atoms with Crippen LogP contribution in [0.1, 0.15) is 72.3 Å². The normalized spacial score (nSPS) is 12.9. The van der Waals surface area contributed by atoms with Crippen molar-refractivity contribution in [3.8, 4) is 11.3 Å². The van der Waals surface area contributed by atoms with E-state index in [2.05, 4.69) is 82.5 Å². The molecular formula is C34H38FN. The molecule has 1 atom stereocenters. The van der Waals surface area contributed by atoms with Gasteiger partial charge in [-0.25, -0.2) is 4.39 Å². The summed E-state index contributed by atoms with van der Waals surface area (Å²) in [7, 11) is 1.97. The average Bonchev–Trinajstić information content (AvgIpc) is 3.41. The fourth-order valence-electron chi connectivity index (χ4n) is 4.62. The molecule has 1 heterocycles. The molecule has 1 aromatic heterocycles. The maximum atomic E-state index is 14.6. The van der Waals surface area contributed by atoms with Crippen molar-refractivity contribution < 1.29 is 4.39 Å². The first kappa shape index (κ1) is 26.9. The topological polar surface area (TPSA) is 4.93 Å². The molecule has 1 aliphatic carbocycles. The Hall–Kier alpha value is -3.65. The third-order valence-corrected chi connectivity index (χ3v) is 6.64. The van der Waals surface area contributed by atoms with Gasteiger partial charge >= 0.3 is 0 Å². The smallest absolute Gasteiger partial charge is 0.154 e. The molecular weight excluding hydrogens is 441 g/mol. The fraction of sp³-hybridized carbons (Fsp3) is 0.235. The quantitative estimate of drug-likeness (QED) is 0.274. The molecule has 1 unspecified atom stereocenters. The van der Waals surface area contributed by atoms with E-state index in [1.807, 2.05) is 55.9 Å². The molecule has 0 saturated heterocycles. The first-order valence-electron chi connectivity index (χ1n) is 12.8. The van der Waals surface area contributed by atoms with E-state index in [9.17, 15) is 4.39 Å². The summed E-state index contributed by atoms with van der Waals surface area (Å²) < 4.78 is 16.6. The van der Waals surface area contributed by atoms with E-state index in [1.54, 1.807) is 0 Å². The van der Waals surface area contributed by atoms with Gasteiger partial charge < -0.3 is 4.57 Å². The van der Waals surface area contributed by atoms with Gasteiger partial charge in [0.05, 0.1) is 5.69 Å². The lowest BCUT2D eigenvalue weighted by Gasteiger charge is -2.09. The molecule has 5 rings (SSSR count). The molecule has 0 aliphatic heterocycles. The Balaban J connectivity index is 0.000000189. The van der Waals surface area contributed by atoms with Crippen LogP contribution >= 0.6 is 0 Å². The highest BCUT2D eigenvalue weighted by atomic mass is 19.1. The van der Waals surface area contributed by atoms with Crippen molar-refractivity contribution in [1.29, 1.82) is 0 Å². The molecule has 0 saturated carbocycles. The van der Waals surface area contributed by atoms with E-state index >= 15 is 0 Å². The van der Waals surface area contributed by atoms with Gasteiger partial charge in [-0.15, -0.1) is 0 Å². The summed E-state index contributed by atoms with van der Waals surface area (Å²) in [6, 6.07) is 24.6. The monoisotopic (exact) mass is 479 g/mol. The predicted octanol–water partition coefficient (Wildman–Crippen LogP) is 9.88. The van der Waals surface area contributed by atoms with Crippen molar-refractivity contribution in [3.05, 3.63) is 131 Å². The van der Waals surface area contributed by atoms with Crippen molar-refractivity contribution in [3.63, 3.8) is 0 Å². The highest BCUT2D eigenvalue weighted by Gasteiger charge is 2.33. The van der Waals surface area contributed by atoms with Crippen LogP contribution in [0.2, 0.25) is 0 Å². The Labute approximate surface area is 216 Å². The number of alkyl halides is 1. The molecule has 3 aromatic carbocycles. The Morgan fingerprint density at radius 3 is 2.11 bits per heavy atom. The fourth-order valence-corrected chi connectivity index (χ4v) is 4.62. The van der Waals surface area contributed by atoms with Crippen LogP contribution in [0.5, 0.6) is 0 Å². The molecule has 1 aliphatic rings. The number of aryl methyl sites for hydroxylation is 3. The number of halogens is 1. The van der Waals surface area contributed by atoms with Crippen LogP contribution in [0.15, 0.2) is 92.2 Å². The highest BCUT2D eigenvalue weighted by Crippen LogP contribution is 2.49. The van der Waals surface area contributed by atoms with Crippen molar-refractivity contribution in [1.82, 2.24) is 4.57 Å². The molecule has 1 nitrogen and oxygen atoms in total. The Kier molecular flexibility index (Phi) is 8.88. The number of rotatable bonds is 4. The third-order valence-electron chi connectivity index (χ3n) is 6.64. The van der Waals surface area contributed by atoms with Crippen LogP contribution in [-0.4, -0.2) is 4.57 Å². The lowest BCUT2D eigenvalue weighted by molar-refractivity contribution is 0.409. The van der Waals surface area contributed by atoms with Crippen LogP contribution in [0.4, 0.5) is 4.39 Å². The zero-order chi connectivity index (χ0) is 26.4. The maximum Gasteiger partial charge on any atom is 0.154 e. The number of nitrogens with zero attached hydrogens (tertiary/aromatic N) is 1. The molecule has 4 aromatic rings. The lowest BCUT2D eigenvalue weighted by atomic mass is 9.95. The van der Waals surface area contributed by atoms with E-state index in [0.717, 1.165) is 45.5 Å². The van der Waals surface area contributed by atoms with Crippen LogP contribution in [0.25, 0.3) is 22.4 Å². The number of aromatic nitrogens is 1. The number of allylic oxidation sites excluding steroid dienone is 1. The molecule has 0 bridgehead atoms. The molecule has 2 heteroatoms. The minimum Gasteiger partial charge on any atom is -0.350 e. The zero-order valence-corrected chi connectivity index (χ0v) is 22.5. The van der Waals surface area contributed by atoms with Crippen molar-refractivity contribution in [2.24, 2.45) is 7.05 Å². The van der Waals surface area contributed by atoms with Gasteiger partial charge in [0.15, 0.2) is 6.17 Å². The van der Waals surface area contributed by atoms with Gasteiger partial charge in [0, 0.05) is 29.9 Å². The van der Waals surface area contributed by atoms with Crippen LogP contribution in [-0.2, 0) is 7.05 Å². The van der Waals surface area contributed by atoms with Gasteiger partial charge in [-0.1, -0.05) is 112 Å². The zero-order valence-electron chi connectivity index (χ0n) is 22.5. The van der Waals surface area contributed by atoms with E-state index in [0.29, 0.717) is 0 Å². The summed E-state index contributed by atoms with van der Waals surface area (Å²) in [4.78, 5) is 0. The summed E-state index contributed by atoms with van der Waals surface area (Å²) in [5.74, 6) is 0. The minimum atomic E-state index is -1.02. The second-order valence-corrected chi connectivity index (χ2v) is 8.98. The van der Waals surface area contributed by atoms with Crippen LogP contribution in [0, 0.1) is 13.8 Å². The second-order valence-electron chi connectivity index (χ2n) is 8.98. The minimum absolute atomic E-state index is 0.781. The van der Waals surface area contributed by atoms with Gasteiger partial charge in [-0.2, -0.15) is 0 Å². The molecule has 0 fully saturated rings. The largest absolute Gasteiger partial charge is 0.350 e. The van der Waals surface area contributed by atoms with E-state index in [-0.39, 0.29) is 0 Å². The highest BCUT2D eigenvalue weighted by molar-refractivity contribution is 5.83. The van der Waals surface area contributed by atoms with Gasteiger partial charge in [0.25, 0.3) is 0 Å². The summed E-state index contributed by atoms with van der Waals surface area (Å²) >= 11 is 0. The SMILES string of the molecule is C=C(CC)c1cn(C)c2c1C(F)c1ccccc1-2.C=C(c1ccc(C)cc1)c1ccccc1C.CC. The second kappa shape index (κ2) is 11.9. The Bertz CT molecular complexity index is 1350. The van der Waals surface area contributed by atoms with Crippen molar-refractivity contribution in [2.75, 3.05) is 0 Å². The van der Waals surface area contributed by atoms with Crippen LogP contribution < -0.4 is 0 Å². The Morgan fingerprint density at radius 2 is 1.47 bits per heavy atom. The number of benzene rings is 3. The third kappa shape index (κ3) is 5.28. The molecule has 36 heavy (non-hydrogen) atoms. The van der Waals surface area contributed by atoms with Gasteiger partial charge in [-0.05, 0) is 53.7 Å². The van der Waals surface area contributed by atoms with Crippen LogP contribution in [0.3, 0.4) is 0 Å². The first-order chi connectivity index (χ1) is 17.3. The summed E-state index contributed by atoms with van der Waals surface area (Å²) in [6.45, 7) is 18.5. The molecule has 186 valence electrons. The van der Waals surface area contributed by atoms with E-state index < -0.39 is 6.17 Å². The van der Waals surface area contributed by atoms with Gasteiger partial charge in [-0.3, -0.25) is 0 Å². The Morgan fingerprint density at radius 1 is 0.861 bits per heavy atom. The standard InChI is InChI=1S/C16H16FN.C16H16.C2H6/c1-4-10(2)13-9-18(3)16-12-8-6-5-7-11(12)15(17)14(13)16;1-12-8-10-15(11-9-12)14(3)16-7-5-4-6-13(16)2;1-2/h5-9,15H,2,4H2,1,3H3;4-11H,3H2,1-2H3;1-2H3. The summed E-state index contributed by atoms with van der Waals surface area (Å²) in [5.41, 5.74) is 11.6. The van der Waals surface area contributed by atoms with E-state index in [1.165, 1.54) is 22.3 Å². The number of hydrogen-bond donors (Lipinski definition) is 0. The molecule has 0 N–H and O–H groups in total. The van der Waals surface area contributed by atoms with Crippen molar-refractivity contribution >= 4 is 11.1 Å². The lowest BCUT2D eigenvalue weighted by Crippen LogP contribution is -1.92. The molecule has 0 spiro atoms. The maximum absolute atomic E-state index is 14.6. The van der Waals surface area contributed by atoms with Gasteiger partial charge in [0.1, 0.15) is 0 Å². The van der Waals surface area contributed by atoms with E-state index in [4.69, 9.17) is 0 Å². The van der Waals surface area contributed by atoms with Gasteiger partial charge in [0.2, 0.25) is 0 Å². The summed E-state index contributed by atoms with van der Waals surface area (Å²) in [5, 5.41) is 0. The molecule has 0 radical (unpaired) electrons. The summed E-state index contributed by atoms with van der Waals surface area (Å²) in [6.07, 6.45) is 1.83.